The van der Waals surface area contributed by atoms with E-state index in [1.807, 2.05) is 83.7 Å². The SMILES string of the molecule is COc1ccc(CN2C(=O)C(=Cc3cn(-c4ccccc4)nc3-c3ccncc3)SC2=S)cc1. The van der Waals surface area contributed by atoms with Crippen LogP contribution in [-0.2, 0) is 11.3 Å². The van der Waals surface area contributed by atoms with E-state index >= 15 is 0 Å². The molecule has 1 amide bonds. The van der Waals surface area contributed by atoms with Crippen molar-refractivity contribution in [2.45, 2.75) is 6.54 Å². The summed E-state index contributed by atoms with van der Waals surface area (Å²) in [5, 5.41) is 4.81. The van der Waals surface area contributed by atoms with Crippen molar-refractivity contribution in [2.24, 2.45) is 0 Å². The molecule has 0 atom stereocenters. The number of hydrogen-bond donors (Lipinski definition) is 0. The molecule has 2 aromatic heterocycles. The Bertz CT molecular complexity index is 1370. The van der Waals surface area contributed by atoms with E-state index in [0.29, 0.717) is 15.8 Å². The average molecular weight is 485 g/mol. The number of para-hydroxylation sites is 1. The highest BCUT2D eigenvalue weighted by Gasteiger charge is 2.32. The van der Waals surface area contributed by atoms with Crippen LogP contribution in [0.15, 0.2) is 90.2 Å². The van der Waals surface area contributed by atoms with Gasteiger partial charge in [0, 0.05) is 29.7 Å². The monoisotopic (exact) mass is 484 g/mol. The molecule has 2 aromatic carbocycles. The van der Waals surface area contributed by atoms with Crippen LogP contribution in [0.3, 0.4) is 0 Å². The molecule has 0 saturated carbocycles. The van der Waals surface area contributed by atoms with Crippen molar-refractivity contribution in [3.05, 3.63) is 101 Å². The molecule has 6 nitrogen and oxygen atoms in total. The van der Waals surface area contributed by atoms with Crippen molar-refractivity contribution in [1.82, 2.24) is 19.7 Å². The van der Waals surface area contributed by atoms with Crippen molar-refractivity contribution in [3.63, 3.8) is 0 Å². The number of ether oxygens (including phenoxy) is 1. The van der Waals surface area contributed by atoms with Crippen molar-refractivity contribution < 1.29 is 9.53 Å². The summed E-state index contributed by atoms with van der Waals surface area (Å²) in [5.74, 6) is 0.659. The van der Waals surface area contributed by atoms with Gasteiger partial charge < -0.3 is 4.74 Å². The van der Waals surface area contributed by atoms with E-state index in [-0.39, 0.29) is 5.91 Å². The standard InChI is InChI=1S/C26H20N4O2S2/c1-32-22-9-7-18(8-10-22)16-29-25(31)23(34-26(29)33)15-20-17-30(21-5-3-2-4-6-21)28-24(20)19-11-13-27-14-12-19/h2-15,17H,16H2,1H3. The van der Waals surface area contributed by atoms with Gasteiger partial charge in [0.2, 0.25) is 0 Å². The summed E-state index contributed by atoms with van der Waals surface area (Å²) in [5.41, 5.74) is 4.44. The molecule has 1 fully saturated rings. The lowest BCUT2D eigenvalue weighted by Crippen LogP contribution is -2.27. The van der Waals surface area contributed by atoms with Gasteiger partial charge >= 0.3 is 0 Å². The van der Waals surface area contributed by atoms with Crippen LogP contribution in [-0.4, -0.2) is 37.0 Å². The summed E-state index contributed by atoms with van der Waals surface area (Å²) >= 11 is 6.85. The second kappa shape index (κ2) is 9.62. The van der Waals surface area contributed by atoms with Crippen LogP contribution < -0.4 is 4.74 Å². The van der Waals surface area contributed by atoms with Crippen LogP contribution in [0, 0.1) is 0 Å². The number of thioether (sulfide) groups is 1. The summed E-state index contributed by atoms with van der Waals surface area (Å²) in [6, 6.07) is 21.3. The lowest BCUT2D eigenvalue weighted by Gasteiger charge is -2.14. The van der Waals surface area contributed by atoms with E-state index in [4.69, 9.17) is 22.1 Å². The summed E-state index contributed by atoms with van der Waals surface area (Å²) in [6.07, 6.45) is 7.26. The van der Waals surface area contributed by atoms with Gasteiger partial charge in [0.1, 0.15) is 15.8 Å². The Labute approximate surface area is 206 Å². The molecule has 8 heteroatoms. The molecule has 168 valence electrons. The lowest BCUT2D eigenvalue weighted by atomic mass is 10.1. The van der Waals surface area contributed by atoms with Gasteiger partial charge in [0.05, 0.1) is 24.2 Å². The predicted molar refractivity (Wildman–Crippen MR) is 139 cm³/mol. The van der Waals surface area contributed by atoms with Crippen molar-refractivity contribution in [3.8, 4) is 22.7 Å². The van der Waals surface area contributed by atoms with Crippen LogP contribution in [0.4, 0.5) is 0 Å². The molecule has 5 rings (SSSR count). The van der Waals surface area contributed by atoms with Crippen LogP contribution in [0.1, 0.15) is 11.1 Å². The van der Waals surface area contributed by atoms with Crippen LogP contribution >= 0.6 is 24.0 Å². The summed E-state index contributed by atoms with van der Waals surface area (Å²) in [7, 11) is 1.63. The zero-order valence-corrected chi connectivity index (χ0v) is 19.9. The first-order valence-electron chi connectivity index (χ1n) is 10.6. The number of carbonyl (C=O) groups is 1. The minimum absolute atomic E-state index is 0.112. The molecule has 0 N–H and O–H groups in total. The fraction of sp³-hybridized carbons (Fsp3) is 0.0769. The zero-order chi connectivity index (χ0) is 23.5. The highest BCUT2D eigenvalue weighted by molar-refractivity contribution is 8.26. The number of methoxy groups -OCH3 is 1. The first-order valence-corrected chi connectivity index (χ1v) is 11.8. The third-order valence-corrected chi connectivity index (χ3v) is 6.75. The molecular formula is C26H20N4O2S2. The smallest absolute Gasteiger partial charge is 0.266 e. The molecule has 0 radical (unpaired) electrons. The molecule has 0 unspecified atom stereocenters. The minimum atomic E-state index is -0.112. The largest absolute Gasteiger partial charge is 0.497 e. The van der Waals surface area contributed by atoms with Crippen molar-refractivity contribution in [1.29, 1.82) is 0 Å². The topological polar surface area (TPSA) is 60.2 Å². The second-order valence-corrected chi connectivity index (χ2v) is 9.24. The van der Waals surface area contributed by atoms with Gasteiger partial charge in [-0.15, -0.1) is 0 Å². The molecule has 0 spiro atoms. The minimum Gasteiger partial charge on any atom is -0.497 e. The first-order chi connectivity index (χ1) is 16.6. The maximum Gasteiger partial charge on any atom is 0.266 e. The molecule has 0 aliphatic carbocycles. The van der Waals surface area contributed by atoms with Crippen molar-refractivity contribution >= 4 is 40.3 Å². The predicted octanol–water partition coefficient (Wildman–Crippen LogP) is 5.34. The molecule has 0 bridgehead atoms. The molecule has 3 heterocycles. The third kappa shape index (κ3) is 4.50. The molecule has 1 aliphatic rings. The van der Waals surface area contributed by atoms with Gasteiger partial charge in [-0.05, 0) is 48.0 Å². The Hall–Kier alpha value is -3.75. The zero-order valence-electron chi connectivity index (χ0n) is 18.3. The maximum atomic E-state index is 13.3. The van der Waals surface area contributed by atoms with E-state index in [1.54, 1.807) is 24.4 Å². The van der Waals surface area contributed by atoms with Gasteiger partial charge in [-0.25, -0.2) is 4.68 Å². The van der Waals surface area contributed by atoms with Crippen LogP contribution in [0.25, 0.3) is 23.0 Å². The van der Waals surface area contributed by atoms with Gasteiger partial charge in [-0.3, -0.25) is 14.7 Å². The van der Waals surface area contributed by atoms with Crippen LogP contribution in [0.5, 0.6) is 5.75 Å². The maximum absolute atomic E-state index is 13.3. The Morgan fingerprint density at radius 1 is 1.03 bits per heavy atom. The number of hydrogen-bond acceptors (Lipinski definition) is 6. The van der Waals surface area contributed by atoms with Crippen LogP contribution in [0.2, 0.25) is 0 Å². The van der Waals surface area contributed by atoms with Crippen molar-refractivity contribution in [2.75, 3.05) is 7.11 Å². The highest BCUT2D eigenvalue weighted by atomic mass is 32.2. The number of nitrogens with zero attached hydrogens (tertiary/aromatic N) is 4. The number of amides is 1. The first kappa shape index (κ1) is 22.1. The molecule has 1 saturated heterocycles. The Morgan fingerprint density at radius 2 is 1.76 bits per heavy atom. The Balaban J connectivity index is 1.48. The highest BCUT2D eigenvalue weighted by Crippen LogP contribution is 2.35. The third-order valence-electron chi connectivity index (χ3n) is 5.38. The summed E-state index contributed by atoms with van der Waals surface area (Å²) < 4.78 is 7.57. The average Bonchev–Trinajstić information content (AvgIpc) is 3.42. The molecule has 4 aromatic rings. The molecular weight excluding hydrogens is 464 g/mol. The Morgan fingerprint density at radius 3 is 2.47 bits per heavy atom. The number of thiocarbonyl (C=S) groups is 1. The van der Waals surface area contributed by atoms with Gasteiger partial charge in [-0.1, -0.05) is 54.3 Å². The number of benzene rings is 2. The van der Waals surface area contributed by atoms with E-state index in [9.17, 15) is 4.79 Å². The van der Waals surface area contributed by atoms with Gasteiger partial charge in [0.25, 0.3) is 5.91 Å². The van der Waals surface area contributed by atoms with E-state index in [2.05, 4.69) is 4.98 Å². The summed E-state index contributed by atoms with van der Waals surface area (Å²) in [6.45, 7) is 0.409. The van der Waals surface area contributed by atoms with E-state index in [1.165, 1.54) is 11.8 Å². The second-order valence-electron chi connectivity index (χ2n) is 7.56. The fourth-order valence-corrected chi connectivity index (χ4v) is 4.88. The normalized spacial score (nSPS) is 14.7. The number of rotatable bonds is 6. The Kier molecular flexibility index (Phi) is 6.24. The van der Waals surface area contributed by atoms with Gasteiger partial charge in [0.15, 0.2) is 0 Å². The molecule has 34 heavy (non-hydrogen) atoms. The van der Waals surface area contributed by atoms with Gasteiger partial charge in [-0.2, -0.15) is 5.10 Å². The fourth-order valence-electron chi connectivity index (χ4n) is 3.63. The lowest BCUT2D eigenvalue weighted by molar-refractivity contribution is -0.122. The number of pyridine rings is 1. The van der Waals surface area contributed by atoms with E-state index < -0.39 is 0 Å². The number of carbonyl (C=O) groups excluding carboxylic acids is 1. The van der Waals surface area contributed by atoms with E-state index in [0.717, 1.165) is 33.8 Å². The molecule has 1 aliphatic heterocycles. The quantitative estimate of drug-likeness (QED) is 0.272. The number of aromatic nitrogens is 3. The summed E-state index contributed by atoms with van der Waals surface area (Å²) in [4.78, 5) is 19.6.